The van der Waals surface area contributed by atoms with Crippen LogP contribution in [0.4, 0.5) is 0 Å². The smallest absolute Gasteiger partial charge is 0.177 e. The molecule has 3 rings (SSSR count). The second kappa shape index (κ2) is 6.44. The number of benzene rings is 3. The fraction of sp³-hybridized carbons (Fsp3) is 0.100. The van der Waals surface area contributed by atoms with Crippen molar-refractivity contribution in [3.63, 3.8) is 0 Å². The average Bonchev–Trinajstić information content (AvgIpc) is 2.65. The minimum Gasteiger partial charge on any atom is -0.497 e. The van der Waals surface area contributed by atoms with Crippen LogP contribution in [0.25, 0.3) is 0 Å². The molecule has 0 fully saturated rings. The third-order valence-electron chi connectivity index (χ3n) is 4.03. The summed E-state index contributed by atoms with van der Waals surface area (Å²) in [5, 5.41) is 3.59. The summed E-state index contributed by atoms with van der Waals surface area (Å²) in [6.45, 7) is 0. The van der Waals surface area contributed by atoms with E-state index < -0.39 is 5.54 Å². The maximum Gasteiger partial charge on any atom is 0.177 e. The molecule has 0 saturated carbocycles. The largest absolute Gasteiger partial charge is 0.497 e. The van der Waals surface area contributed by atoms with Crippen LogP contribution < -0.4 is 4.74 Å². The fourth-order valence-electron chi connectivity index (χ4n) is 2.85. The molecule has 0 radical (unpaired) electrons. The van der Waals surface area contributed by atoms with Crippen LogP contribution in [0.5, 0.6) is 5.75 Å². The van der Waals surface area contributed by atoms with Crippen molar-refractivity contribution in [2.24, 2.45) is 5.18 Å². The number of hydrogen-bond donors (Lipinski definition) is 0. The summed E-state index contributed by atoms with van der Waals surface area (Å²) in [7, 11) is 1.62. The van der Waals surface area contributed by atoms with Gasteiger partial charge in [-0.3, -0.25) is 0 Å². The first kappa shape index (κ1) is 15.0. The summed E-state index contributed by atoms with van der Waals surface area (Å²) in [5.41, 5.74) is 1.41. The Bertz CT molecular complexity index is 728. The quantitative estimate of drug-likeness (QED) is 0.504. The monoisotopic (exact) mass is 303 g/mol. The second-order valence-electron chi connectivity index (χ2n) is 5.26. The van der Waals surface area contributed by atoms with Gasteiger partial charge in [0.05, 0.1) is 7.11 Å². The van der Waals surface area contributed by atoms with Gasteiger partial charge in [0, 0.05) is 0 Å². The maximum atomic E-state index is 12.1. The number of nitrogens with zero attached hydrogens (tertiary/aromatic N) is 1. The minimum atomic E-state index is -1.07. The Kier molecular flexibility index (Phi) is 4.20. The summed E-state index contributed by atoms with van der Waals surface area (Å²) in [4.78, 5) is 12.1. The van der Waals surface area contributed by atoms with Gasteiger partial charge in [0.1, 0.15) is 5.75 Å². The Morgan fingerprint density at radius 2 is 1.13 bits per heavy atom. The third-order valence-corrected chi connectivity index (χ3v) is 4.03. The van der Waals surface area contributed by atoms with Gasteiger partial charge in [0.2, 0.25) is 0 Å². The van der Waals surface area contributed by atoms with E-state index in [1.54, 1.807) is 7.11 Å². The van der Waals surface area contributed by atoms with Crippen molar-refractivity contribution in [1.29, 1.82) is 0 Å². The zero-order valence-corrected chi connectivity index (χ0v) is 12.8. The molecule has 0 aromatic heterocycles. The van der Waals surface area contributed by atoms with Crippen LogP contribution >= 0.6 is 0 Å². The van der Waals surface area contributed by atoms with Crippen LogP contribution in [0.2, 0.25) is 0 Å². The Hall–Kier alpha value is -2.94. The molecule has 23 heavy (non-hydrogen) atoms. The Morgan fingerprint density at radius 3 is 1.52 bits per heavy atom. The highest BCUT2D eigenvalue weighted by molar-refractivity contribution is 5.50. The van der Waals surface area contributed by atoms with Gasteiger partial charge in [-0.25, -0.2) is 0 Å². The molecule has 0 aliphatic carbocycles. The van der Waals surface area contributed by atoms with E-state index in [0.717, 1.165) is 22.4 Å². The van der Waals surface area contributed by atoms with E-state index in [1.807, 2.05) is 84.9 Å². The molecule has 3 heteroatoms. The predicted molar refractivity (Wildman–Crippen MR) is 91.6 cm³/mol. The number of methoxy groups -OCH3 is 1. The van der Waals surface area contributed by atoms with E-state index in [1.165, 1.54) is 0 Å². The lowest BCUT2D eigenvalue weighted by Gasteiger charge is -2.28. The van der Waals surface area contributed by atoms with Crippen molar-refractivity contribution < 1.29 is 4.74 Å². The van der Waals surface area contributed by atoms with Gasteiger partial charge in [-0.15, -0.1) is 4.91 Å². The zero-order valence-electron chi connectivity index (χ0n) is 12.8. The van der Waals surface area contributed by atoms with Crippen molar-refractivity contribution >= 4 is 0 Å². The van der Waals surface area contributed by atoms with Gasteiger partial charge in [-0.1, -0.05) is 72.8 Å². The van der Waals surface area contributed by atoms with Crippen molar-refractivity contribution in [2.45, 2.75) is 5.54 Å². The normalized spacial score (nSPS) is 11.0. The molecule has 3 aromatic rings. The van der Waals surface area contributed by atoms with Crippen molar-refractivity contribution in [3.05, 3.63) is 107 Å². The fourth-order valence-corrected chi connectivity index (χ4v) is 2.85. The van der Waals surface area contributed by atoms with Crippen LogP contribution in [-0.2, 0) is 5.54 Å². The lowest BCUT2D eigenvalue weighted by molar-refractivity contribution is 0.414. The zero-order chi connectivity index (χ0) is 16.1. The average molecular weight is 303 g/mol. The lowest BCUT2D eigenvalue weighted by atomic mass is 9.78. The van der Waals surface area contributed by atoms with Crippen LogP contribution in [0.3, 0.4) is 0 Å². The topological polar surface area (TPSA) is 38.7 Å². The molecule has 0 spiro atoms. The first-order valence-electron chi connectivity index (χ1n) is 7.41. The van der Waals surface area contributed by atoms with Gasteiger partial charge in [-0.2, -0.15) is 0 Å². The summed E-state index contributed by atoms with van der Waals surface area (Å²) < 4.78 is 5.22. The molecule has 0 unspecified atom stereocenters. The van der Waals surface area contributed by atoms with E-state index in [9.17, 15) is 4.91 Å². The minimum absolute atomic E-state index is 0.745. The van der Waals surface area contributed by atoms with E-state index >= 15 is 0 Å². The third kappa shape index (κ3) is 2.61. The molecular formula is C20H17NO2. The van der Waals surface area contributed by atoms with E-state index in [4.69, 9.17) is 4.74 Å². The van der Waals surface area contributed by atoms with Gasteiger partial charge < -0.3 is 4.74 Å². The first-order chi connectivity index (χ1) is 11.3. The van der Waals surface area contributed by atoms with Crippen LogP contribution in [0.15, 0.2) is 90.1 Å². The second-order valence-corrected chi connectivity index (χ2v) is 5.26. The molecule has 114 valence electrons. The number of nitroso groups, excluding NO2 is 1. The molecular weight excluding hydrogens is 286 g/mol. The summed E-state index contributed by atoms with van der Waals surface area (Å²) in [6.07, 6.45) is 0. The molecule has 0 amide bonds. The molecule has 0 aliphatic heterocycles. The highest BCUT2D eigenvalue weighted by Crippen LogP contribution is 2.40. The van der Waals surface area contributed by atoms with E-state index in [2.05, 4.69) is 5.18 Å². The van der Waals surface area contributed by atoms with Crippen molar-refractivity contribution in [3.8, 4) is 5.75 Å². The summed E-state index contributed by atoms with van der Waals surface area (Å²) in [5.74, 6) is 0.745. The first-order valence-corrected chi connectivity index (χ1v) is 7.41. The van der Waals surface area contributed by atoms with Gasteiger partial charge in [0.15, 0.2) is 5.54 Å². The summed E-state index contributed by atoms with van der Waals surface area (Å²) >= 11 is 0. The van der Waals surface area contributed by atoms with Crippen LogP contribution in [-0.4, -0.2) is 7.11 Å². The highest BCUT2D eigenvalue weighted by Gasteiger charge is 2.38. The van der Waals surface area contributed by atoms with E-state index in [0.29, 0.717) is 0 Å². The van der Waals surface area contributed by atoms with Crippen LogP contribution in [0.1, 0.15) is 16.7 Å². The molecule has 0 N–H and O–H groups in total. The van der Waals surface area contributed by atoms with Gasteiger partial charge >= 0.3 is 0 Å². The predicted octanol–water partition coefficient (Wildman–Crippen LogP) is 4.75. The molecule has 0 bridgehead atoms. The summed E-state index contributed by atoms with van der Waals surface area (Å²) in [6, 6.07) is 26.7. The number of hydrogen-bond acceptors (Lipinski definition) is 3. The SMILES string of the molecule is COc1ccc(C(N=O)(c2ccccc2)c2ccccc2)cc1. The molecule has 3 aromatic carbocycles. The van der Waals surface area contributed by atoms with Crippen LogP contribution in [0, 0.1) is 4.91 Å². The Morgan fingerprint density at radius 1 is 0.696 bits per heavy atom. The van der Waals surface area contributed by atoms with Gasteiger partial charge in [0.25, 0.3) is 0 Å². The molecule has 0 atom stereocenters. The lowest BCUT2D eigenvalue weighted by Crippen LogP contribution is -2.26. The molecule has 0 heterocycles. The standard InChI is InChI=1S/C20H17NO2/c1-23-19-14-12-18(13-15-19)20(21-22,16-8-4-2-5-9-16)17-10-6-3-7-11-17/h2-15H,1H3. The number of rotatable bonds is 5. The molecule has 0 saturated heterocycles. The van der Waals surface area contributed by atoms with Crippen molar-refractivity contribution in [2.75, 3.05) is 7.11 Å². The Balaban J connectivity index is 2.26. The van der Waals surface area contributed by atoms with Gasteiger partial charge in [-0.05, 0) is 34.0 Å². The number of ether oxygens (including phenoxy) is 1. The Labute approximate surface area is 135 Å². The maximum absolute atomic E-state index is 12.1. The van der Waals surface area contributed by atoms with E-state index in [-0.39, 0.29) is 0 Å². The van der Waals surface area contributed by atoms with Crippen molar-refractivity contribution in [1.82, 2.24) is 0 Å². The molecule has 0 aliphatic rings. The molecule has 3 nitrogen and oxygen atoms in total. The highest BCUT2D eigenvalue weighted by atomic mass is 16.5.